The Bertz CT molecular complexity index is 987. The molecule has 3 heterocycles. The number of aromatic nitrogens is 3. The molecule has 0 bridgehead atoms. The molecule has 1 N–H and O–H groups in total. The molecule has 7 nitrogen and oxygen atoms in total. The molecule has 3 aromatic rings. The van der Waals surface area contributed by atoms with Crippen LogP contribution in [-0.2, 0) is 0 Å². The maximum atomic E-state index is 13.2. The summed E-state index contributed by atoms with van der Waals surface area (Å²) < 4.78 is 10.7. The number of piperidine rings is 1. The quantitative estimate of drug-likeness (QED) is 0.713. The summed E-state index contributed by atoms with van der Waals surface area (Å²) in [4.78, 5) is 19.4. The van der Waals surface area contributed by atoms with E-state index in [2.05, 4.69) is 15.2 Å². The fraction of sp³-hybridized carbons (Fsp3) is 0.318. The smallest absolute Gasteiger partial charge is 0.272 e. The minimum absolute atomic E-state index is 0.0396. The molecule has 0 radical (unpaired) electrons. The van der Waals surface area contributed by atoms with Crippen molar-refractivity contribution in [2.24, 2.45) is 0 Å². The molecule has 1 aromatic carbocycles. The molecule has 1 saturated heterocycles. The summed E-state index contributed by atoms with van der Waals surface area (Å²) >= 11 is 0. The lowest BCUT2D eigenvalue weighted by Crippen LogP contribution is -2.38. The standard InChI is InChI=1S/C22H24N4O3/c1-28-20-9-8-15(12-21(20)29-2)17-13-18(25-24-17)22(27)26-11-4-3-7-19(26)16-6-5-10-23-14-16/h5-6,8-10,12-14,19H,3-4,7,11H2,1-2H3,(H,24,25). The van der Waals surface area contributed by atoms with Gasteiger partial charge in [-0.1, -0.05) is 6.07 Å². The van der Waals surface area contributed by atoms with Crippen LogP contribution in [0.5, 0.6) is 11.5 Å². The van der Waals surface area contributed by atoms with Crippen molar-refractivity contribution in [3.8, 4) is 22.8 Å². The van der Waals surface area contributed by atoms with Crippen molar-refractivity contribution in [2.45, 2.75) is 25.3 Å². The maximum Gasteiger partial charge on any atom is 0.272 e. The number of hydrogen-bond acceptors (Lipinski definition) is 5. The first-order valence-electron chi connectivity index (χ1n) is 9.70. The zero-order valence-electron chi connectivity index (χ0n) is 16.6. The van der Waals surface area contributed by atoms with Crippen LogP contribution in [0, 0.1) is 0 Å². The molecule has 2 aromatic heterocycles. The number of carbonyl (C=O) groups excluding carboxylic acids is 1. The summed E-state index contributed by atoms with van der Waals surface area (Å²) in [5.41, 5.74) is 3.08. The lowest BCUT2D eigenvalue weighted by atomic mass is 9.96. The van der Waals surface area contributed by atoms with Crippen LogP contribution >= 0.6 is 0 Å². The van der Waals surface area contributed by atoms with Gasteiger partial charge in [-0.15, -0.1) is 0 Å². The Kier molecular flexibility index (Phi) is 5.46. The van der Waals surface area contributed by atoms with Crippen molar-refractivity contribution >= 4 is 5.91 Å². The number of carbonyl (C=O) groups is 1. The van der Waals surface area contributed by atoms with Crippen LogP contribution < -0.4 is 9.47 Å². The normalized spacial score (nSPS) is 16.5. The van der Waals surface area contributed by atoms with E-state index < -0.39 is 0 Å². The monoisotopic (exact) mass is 392 g/mol. The van der Waals surface area contributed by atoms with Gasteiger partial charge in [-0.2, -0.15) is 5.10 Å². The number of amides is 1. The molecular weight excluding hydrogens is 368 g/mol. The van der Waals surface area contributed by atoms with E-state index in [1.807, 2.05) is 41.4 Å². The number of pyridine rings is 1. The van der Waals surface area contributed by atoms with E-state index in [9.17, 15) is 4.79 Å². The number of rotatable bonds is 5. The van der Waals surface area contributed by atoms with Crippen molar-refractivity contribution in [3.63, 3.8) is 0 Å². The van der Waals surface area contributed by atoms with Crippen molar-refractivity contribution in [1.29, 1.82) is 0 Å². The van der Waals surface area contributed by atoms with Crippen LogP contribution in [-0.4, -0.2) is 46.8 Å². The molecule has 7 heteroatoms. The van der Waals surface area contributed by atoms with Gasteiger partial charge < -0.3 is 14.4 Å². The van der Waals surface area contributed by atoms with E-state index in [0.717, 1.165) is 36.9 Å². The molecule has 1 fully saturated rings. The van der Waals surface area contributed by atoms with Crippen LogP contribution in [0.1, 0.15) is 41.4 Å². The van der Waals surface area contributed by atoms with Crippen molar-refractivity contribution in [3.05, 3.63) is 60.0 Å². The van der Waals surface area contributed by atoms with E-state index >= 15 is 0 Å². The number of benzene rings is 1. The zero-order chi connectivity index (χ0) is 20.2. The minimum atomic E-state index is -0.0437. The van der Waals surface area contributed by atoms with Gasteiger partial charge in [0.25, 0.3) is 5.91 Å². The predicted molar refractivity (Wildman–Crippen MR) is 109 cm³/mol. The van der Waals surface area contributed by atoms with E-state index in [1.54, 1.807) is 26.5 Å². The van der Waals surface area contributed by atoms with Crippen molar-refractivity contribution in [1.82, 2.24) is 20.1 Å². The number of likely N-dealkylation sites (tertiary alicyclic amines) is 1. The van der Waals surface area contributed by atoms with E-state index in [-0.39, 0.29) is 11.9 Å². The van der Waals surface area contributed by atoms with Crippen LogP contribution in [0.15, 0.2) is 48.8 Å². The fourth-order valence-corrected chi connectivity index (χ4v) is 3.82. The number of hydrogen-bond donors (Lipinski definition) is 1. The highest BCUT2D eigenvalue weighted by molar-refractivity contribution is 5.93. The Morgan fingerprint density at radius 2 is 2.00 bits per heavy atom. The van der Waals surface area contributed by atoms with E-state index in [4.69, 9.17) is 9.47 Å². The summed E-state index contributed by atoms with van der Waals surface area (Å²) in [7, 11) is 3.19. The number of ether oxygens (including phenoxy) is 2. The molecule has 0 aliphatic carbocycles. The van der Waals surface area contributed by atoms with Crippen LogP contribution in [0.3, 0.4) is 0 Å². The third-order valence-corrected chi connectivity index (χ3v) is 5.32. The van der Waals surface area contributed by atoms with Crippen molar-refractivity contribution < 1.29 is 14.3 Å². The molecule has 0 spiro atoms. The number of nitrogens with zero attached hydrogens (tertiary/aromatic N) is 3. The number of aromatic amines is 1. The first-order valence-corrected chi connectivity index (χ1v) is 9.70. The molecule has 1 atom stereocenters. The molecule has 29 heavy (non-hydrogen) atoms. The summed E-state index contributed by atoms with van der Waals surface area (Å²) in [6.45, 7) is 0.725. The van der Waals surface area contributed by atoms with Gasteiger partial charge in [0.15, 0.2) is 11.5 Å². The van der Waals surface area contributed by atoms with Gasteiger partial charge in [-0.05, 0) is 55.2 Å². The number of methoxy groups -OCH3 is 2. The zero-order valence-corrected chi connectivity index (χ0v) is 16.6. The Balaban J connectivity index is 1.59. The van der Waals surface area contributed by atoms with Gasteiger partial charge >= 0.3 is 0 Å². The third-order valence-electron chi connectivity index (χ3n) is 5.32. The van der Waals surface area contributed by atoms with Gasteiger partial charge in [0.1, 0.15) is 5.69 Å². The highest BCUT2D eigenvalue weighted by Crippen LogP contribution is 2.33. The molecule has 1 unspecified atom stereocenters. The topological polar surface area (TPSA) is 80.3 Å². The van der Waals surface area contributed by atoms with E-state index in [0.29, 0.717) is 22.9 Å². The Morgan fingerprint density at radius 1 is 1.14 bits per heavy atom. The lowest BCUT2D eigenvalue weighted by molar-refractivity contribution is 0.0605. The van der Waals surface area contributed by atoms with Crippen LogP contribution in [0.4, 0.5) is 0 Å². The molecule has 1 aliphatic rings. The second-order valence-corrected chi connectivity index (χ2v) is 7.03. The van der Waals surface area contributed by atoms with Crippen LogP contribution in [0.2, 0.25) is 0 Å². The predicted octanol–water partition coefficient (Wildman–Crippen LogP) is 3.86. The Hall–Kier alpha value is -3.35. The van der Waals surface area contributed by atoms with Gasteiger partial charge in [-0.25, -0.2) is 0 Å². The Morgan fingerprint density at radius 3 is 2.76 bits per heavy atom. The highest BCUT2D eigenvalue weighted by atomic mass is 16.5. The Labute approximate surface area is 169 Å². The largest absolute Gasteiger partial charge is 0.493 e. The van der Waals surface area contributed by atoms with Crippen LogP contribution in [0.25, 0.3) is 11.3 Å². The molecule has 1 aliphatic heterocycles. The first kappa shape index (κ1) is 19.0. The second-order valence-electron chi connectivity index (χ2n) is 7.03. The molecular formula is C22H24N4O3. The SMILES string of the molecule is COc1ccc(-c2cc(C(=O)N3CCCCC3c3cccnc3)[nH]n2)cc1OC. The fourth-order valence-electron chi connectivity index (χ4n) is 3.82. The number of nitrogens with one attached hydrogen (secondary N) is 1. The molecule has 4 rings (SSSR count). The molecule has 150 valence electrons. The lowest BCUT2D eigenvalue weighted by Gasteiger charge is -2.35. The minimum Gasteiger partial charge on any atom is -0.493 e. The molecule has 1 amide bonds. The van der Waals surface area contributed by atoms with Gasteiger partial charge in [0.05, 0.1) is 26.0 Å². The van der Waals surface area contributed by atoms with E-state index in [1.165, 1.54) is 0 Å². The average molecular weight is 392 g/mol. The first-order chi connectivity index (χ1) is 14.2. The third kappa shape index (κ3) is 3.81. The average Bonchev–Trinajstić information content (AvgIpc) is 3.29. The van der Waals surface area contributed by atoms with Gasteiger partial charge in [0.2, 0.25) is 0 Å². The van der Waals surface area contributed by atoms with Crippen molar-refractivity contribution in [2.75, 3.05) is 20.8 Å². The number of H-pyrrole nitrogens is 1. The molecule has 0 saturated carbocycles. The summed E-state index contributed by atoms with van der Waals surface area (Å²) in [6.07, 6.45) is 6.64. The van der Waals surface area contributed by atoms with Gasteiger partial charge in [0, 0.05) is 24.5 Å². The summed E-state index contributed by atoms with van der Waals surface area (Å²) in [6, 6.07) is 11.3. The summed E-state index contributed by atoms with van der Waals surface area (Å²) in [5.74, 6) is 1.22. The maximum absolute atomic E-state index is 13.2. The second kappa shape index (κ2) is 8.34. The summed E-state index contributed by atoms with van der Waals surface area (Å²) in [5, 5.41) is 7.26. The van der Waals surface area contributed by atoms with Gasteiger partial charge in [-0.3, -0.25) is 14.9 Å². The highest BCUT2D eigenvalue weighted by Gasteiger charge is 2.30.